The summed E-state index contributed by atoms with van der Waals surface area (Å²) in [6.45, 7) is 1.75. The van der Waals surface area contributed by atoms with Crippen LogP contribution in [0.1, 0.15) is 12.5 Å². The number of esters is 1. The molecule has 0 aliphatic heterocycles. The molecule has 0 aliphatic carbocycles. The van der Waals surface area contributed by atoms with E-state index in [4.69, 9.17) is 0 Å². The number of hydrogen-bond donors (Lipinski definition) is 0. The van der Waals surface area contributed by atoms with Gasteiger partial charge in [-0.1, -0.05) is 30.3 Å². The molecule has 0 N–H and O–H groups in total. The molecule has 2 heteroatoms. The van der Waals surface area contributed by atoms with Gasteiger partial charge in [-0.05, 0) is 12.5 Å². The Morgan fingerprint density at radius 1 is 1.25 bits per heavy atom. The molecule has 0 aromatic heterocycles. The molecule has 0 saturated carbocycles. The van der Waals surface area contributed by atoms with E-state index in [9.17, 15) is 4.79 Å². The Bertz CT molecular complexity index is 254. The number of methoxy groups -OCH3 is 1. The highest BCUT2D eigenvalue weighted by atomic mass is 16.5. The smallest absolute Gasteiger partial charge is 0.317 e. The lowest BCUT2D eigenvalue weighted by atomic mass is 10.0. The Labute approximate surface area is 72.2 Å². The zero-order valence-electron chi connectivity index (χ0n) is 7.20. The minimum atomic E-state index is -0.277. The molecule has 0 aliphatic rings. The second kappa shape index (κ2) is 3.90. The van der Waals surface area contributed by atoms with Crippen LogP contribution in [0.15, 0.2) is 30.3 Å². The van der Waals surface area contributed by atoms with E-state index in [1.54, 1.807) is 6.92 Å². The van der Waals surface area contributed by atoms with Gasteiger partial charge in [0.05, 0.1) is 7.11 Å². The minimum absolute atomic E-state index is 0.277. The first-order valence-electron chi connectivity index (χ1n) is 3.73. The van der Waals surface area contributed by atoms with E-state index >= 15 is 0 Å². The van der Waals surface area contributed by atoms with E-state index in [1.807, 2.05) is 30.3 Å². The number of carbonyl (C=O) groups is 1. The summed E-state index contributed by atoms with van der Waals surface area (Å²) in [6, 6.07) is 9.45. The third-order valence-corrected chi connectivity index (χ3v) is 1.70. The van der Waals surface area contributed by atoms with Crippen LogP contribution < -0.4 is 0 Å². The predicted octanol–water partition coefficient (Wildman–Crippen LogP) is 1.80. The average molecular weight is 163 g/mol. The second-order valence-electron chi connectivity index (χ2n) is 2.48. The first-order chi connectivity index (χ1) is 5.75. The van der Waals surface area contributed by atoms with E-state index < -0.39 is 0 Å². The van der Waals surface area contributed by atoms with E-state index in [2.05, 4.69) is 4.74 Å². The van der Waals surface area contributed by atoms with Crippen LogP contribution in [0.2, 0.25) is 0 Å². The van der Waals surface area contributed by atoms with Gasteiger partial charge < -0.3 is 4.74 Å². The van der Waals surface area contributed by atoms with Gasteiger partial charge in [-0.2, -0.15) is 0 Å². The topological polar surface area (TPSA) is 26.3 Å². The fraction of sp³-hybridized carbons (Fsp3) is 0.200. The van der Waals surface area contributed by atoms with Gasteiger partial charge in [0.2, 0.25) is 0 Å². The highest BCUT2D eigenvalue weighted by molar-refractivity contribution is 5.88. The minimum Gasteiger partial charge on any atom is -0.468 e. The van der Waals surface area contributed by atoms with Gasteiger partial charge in [-0.15, -0.1) is 0 Å². The Hall–Kier alpha value is -1.31. The van der Waals surface area contributed by atoms with Gasteiger partial charge in [0.15, 0.2) is 0 Å². The molecule has 0 fully saturated rings. The van der Waals surface area contributed by atoms with Crippen LogP contribution in [0.4, 0.5) is 0 Å². The van der Waals surface area contributed by atoms with Gasteiger partial charge in [0.1, 0.15) is 5.92 Å². The molecule has 1 aromatic rings. The number of ether oxygens (including phenoxy) is 1. The van der Waals surface area contributed by atoms with Gasteiger partial charge in [0, 0.05) is 0 Å². The van der Waals surface area contributed by atoms with Crippen molar-refractivity contribution >= 4 is 5.97 Å². The molecule has 0 heterocycles. The molecule has 1 radical (unpaired) electrons. The van der Waals surface area contributed by atoms with E-state index in [0.717, 1.165) is 5.56 Å². The summed E-state index contributed by atoms with van der Waals surface area (Å²) in [5.41, 5.74) is 0.907. The molecule has 0 spiro atoms. The van der Waals surface area contributed by atoms with Gasteiger partial charge in [-0.3, -0.25) is 4.79 Å². The lowest BCUT2D eigenvalue weighted by Crippen LogP contribution is -2.11. The highest BCUT2D eigenvalue weighted by Gasteiger charge is 2.15. The van der Waals surface area contributed by atoms with Crippen LogP contribution in [0.5, 0.6) is 0 Å². The molecule has 0 bridgehead atoms. The zero-order valence-corrected chi connectivity index (χ0v) is 7.20. The van der Waals surface area contributed by atoms with Crippen molar-refractivity contribution < 1.29 is 9.53 Å². The van der Waals surface area contributed by atoms with Crippen molar-refractivity contribution in [2.75, 3.05) is 7.11 Å². The number of rotatable bonds is 2. The molecule has 0 saturated heterocycles. The van der Waals surface area contributed by atoms with Gasteiger partial charge in [-0.25, -0.2) is 0 Å². The quantitative estimate of drug-likeness (QED) is 0.621. The summed E-state index contributed by atoms with van der Waals surface area (Å²) in [7, 11) is 1.38. The third kappa shape index (κ3) is 1.84. The molecule has 0 unspecified atom stereocenters. The molecule has 63 valence electrons. The van der Waals surface area contributed by atoms with Crippen LogP contribution in [-0.2, 0) is 9.53 Å². The largest absolute Gasteiger partial charge is 0.468 e. The Morgan fingerprint density at radius 3 is 2.33 bits per heavy atom. The normalized spacial score (nSPS) is 9.92. The van der Waals surface area contributed by atoms with Crippen molar-refractivity contribution in [1.82, 2.24) is 0 Å². The number of carbonyl (C=O) groups excluding carboxylic acids is 1. The Morgan fingerprint density at radius 2 is 1.83 bits per heavy atom. The van der Waals surface area contributed by atoms with Crippen molar-refractivity contribution in [3.63, 3.8) is 0 Å². The Kier molecular flexibility index (Phi) is 2.86. The lowest BCUT2D eigenvalue weighted by molar-refractivity contribution is -0.137. The molecule has 0 amide bonds. The predicted molar refractivity (Wildman–Crippen MR) is 46.5 cm³/mol. The molecule has 0 atom stereocenters. The van der Waals surface area contributed by atoms with E-state index in [-0.39, 0.29) is 5.97 Å². The SMILES string of the molecule is COC(=O)[C](C)c1ccccc1. The zero-order chi connectivity index (χ0) is 8.97. The van der Waals surface area contributed by atoms with Crippen molar-refractivity contribution in [3.05, 3.63) is 41.8 Å². The van der Waals surface area contributed by atoms with Crippen LogP contribution in [0, 0.1) is 5.92 Å². The van der Waals surface area contributed by atoms with Crippen LogP contribution in [-0.4, -0.2) is 13.1 Å². The van der Waals surface area contributed by atoms with Crippen LogP contribution in [0.25, 0.3) is 0 Å². The second-order valence-corrected chi connectivity index (χ2v) is 2.48. The standard InChI is InChI=1S/C10H11O2/c1-8(10(11)12-2)9-6-4-3-5-7-9/h3-7H,1-2H3. The summed E-state index contributed by atoms with van der Waals surface area (Å²) in [4.78, 5) is 11.1. The molecule has 12 heavy (non-hydrogen) atoms. The summed E-state index contributed by atoms with van der Waals surface area (Å²) in [5.74, 6) is 0.360. The van der Waals surface area contributed by atoms with Crippen molar-refractivity contribution in [2.45, 2.75) is 6.92 Å². The average Bonchev–Trinajstić information content (AvgIpc) is 2.17. The van der Waals surface area contributed by atoms with Crippen LogP contribution >= 0.6 is 0 Å². The summed E-state index contributed by atoms with van der Waals surface area (Å²) < 4.78 is 4.59. The number of benzene rings is 1. The van der Waals surface area contributed by atoms with Crippen molar-refractivity contribution in [2.24, 2.45) is 0 Å². The fourth-order valence-electron chi connectivity index (χ4n) is 0.959. The molecule has 1 rings (SSSR count). The maximum absolute atomic E-state index is 11.1. The molecular weight excluding hydrogens is 152 g/mol. The van der Waals surface area contributed by atoms with Crippen molar-refractivity contribution in [3.8, 4) is 0 Å². The number of hydrogen-bond acceptors (Lipinski definition) is 2. The molecular formula is C10H11O2. The summed E-state index contributed by atoms with van der Waals surface area (Å²) in [5, 5.41) is 0. The maximum Gasteiger partial charge on any atom is 0.317 e. The monoisotopic (exact) mass is 163 g/mol. The van der Waals surface area contributed by atoms with E-state index in [0.29, 0.717) is 5.92 Å². The lowest BCUT2D eigenvalue weighted by Gasteiger charge is -2.07. The third-order valence-electron chi connectivity index (χ3n) is 1.70. The van der Waals surface area contributed by atoms with E-state index in [1.165, 1.54) is 7.11 Å². The molecule has 2 nitrogen and oxygen atoms in total. The fourth-order valence-corrected chi connectivity index (χ4v) is 0.959. The van der Waals surface area contributed by atoms with Crippen LogP contribution in [0.3, 0.4) is 0 Å². The van der Waals surface area contributed by atoms with Gasteiger partial charge >= 0.3 is 5.97 Å². The van der Waals surface area contributed by atoms with Gasteiger partial charge in [0.25, 0.3) is 0 Å². The van der Waals surface area contributed by atoms with Crippen molar-refractivity contribution in [1.29, 1.82) is 0 Å². The molecule has 1 aromatic carbocycles. The Balaban J connectivity index is 2.78. The summed E-state index contributed by atoms with van der Waals surface area (Å²) in [6.07, 6.45) is 0. The first kappa shape index (κ1) is 8.78. The maximum atomic E-state index is 11.1. The first-order valence-corrected chi connectivity index (χ1v) is 3.73. The summed E-state index contributed by atoms with van der Waals surface area (Å²) >= 11 is 0. The highest BCUT2D eigenvalue weighted by Crippen LogP contribution is 2.14.